The van der Waals surface area contributed by atoms with Gasteiger partial charge in [0.1, 0.15) is 5.78 Å². The summed E-state index contributed by atoms with van der Waals surface area (Å²) in [6.07, 6.45) is 21.5. The van der Waals surface area contributed by atoms with Gasteiger partial charge in [0.25, 0.3) is 0 Å². The van der Waals surface area contributed by atoms with E-state index in [1.165, 1.54) is 99.6 Å². The molecular weight excluding hydrogens is 895 g/mol. The first-order chi connectivity index (χ1) is 34.4. The molecule has 0 bridgehead atoms. The second-order valence-electron chi connectivity index (χ2n) is 27.7. The van der Waals surface area contributed by atoms with Crippen LogP contribution in [-0.2, 0) is 30.5 Å². The van der Waals surface area contributed by atoms with E-state index in [9.17, 15) is 4.79 Å². The largest absolute Gasteiger partial charge is 0.362 e. The average Bonchev–Trinajstić information content (AvgIpc) is 3.66. The van der Waals surface area contributed by atoms with Gasteiger partial charge < -0.3 is 4.98 Å². The van der Waals surface area contributed by atoms with Gasteiger partial charge >= 0.3 is 0 Å². The summed E-state index contributed by atoms with van der Waals surface area (Å²) in [5.74, 6) is 13.1. The summed E-state index contributed by atoms with van der Waals surface area (Å²) in [6.45, 7) is 64.8. The zero-order chi connectivity index (χ0) is 58.5. The SMILES string of the molecule is CC.CC.CC(C)CC(C)CC(C)C.CC(C)CC1CC(CC(C)C)C1.CC(C)CCCC(=O)CC(C)C.CC(C)CCCC(C)C.CC(C)Cc1ccc(CC(C)C)[nH]1.CC(C)Cc1cccc(CC(C)C)c1. The van der Waals surface area contributed by atoms with E-state index >= 15 is 0 Å². The van der Waals surface area contributed by atoms with Gasteiger partial charge in [-0.2, -0.15) is 0 Å². The smallest absolute Gasteiger partial charge is 0.133 e. The standard InChI is InChI=1S/C14H22.C12H21N.C12H24.C11H22O.C10H22.C9H20.2C2H6/c1-11(2)8-13-6-5-7-14(10-13)9-12(3)4;1-9(2)7-11-5-6-12(13-11)8-10(3)4;1-9(2)5-11-7-12(8-11)6-10(3)4;1-9(2)6-5-7-11(12)8-10(3)4;1-8(2)6-10(5)7-9(3)4;1-8(2)6-5-7-9(3)4;2*1-2/h5-7,10-12H,8-9H2,1-4H3;5-6,9-10,13H,7-8H2,1-4H3;9-12H,5-8H2,1-4H3;9-10H,5-8H2,1-4H3;8-10H,6-7H2,1-5H3;8-9H,5-7H2,1-4H3;2*1-2H3. The van der Waals surface area contributed by atoms with E-state index in [2.05, 4.69) is 214 Å². The second kappa shape index (κ2) is 51.9. The maximum absolute atomic E-state index is 11.2. The number of benzene rings is 1. The fourth-order valence-corrected chi connectivity index (χ4v) is 9.93. The van der Waals surface area contributed by atoms with Crippen molar-refractivity contribution in [3.05, 3.63) is 58.9 Å². The van der Waals surface area contributed by atoms with Crippen molar-refractivity contribution < 1.29 is 4.79 Å². The lowest BCUT2D eigenvalue weighted by Gasteiger charge is -2.37. The topological polar surface area (TPSA) is 32.9 Å². The predicted octanol–water partition coefficient (Wildman–Crippen LogP) is 24.3. The molecule has 74 heavy (non-hydrogen) atoms. The van der Waals surface area contributed by atoms with E-state index in [-0.39, 0.29) is 0 Å². The Hall–Kier alpha value is -1.83. The summed E-state index contributed by atoms with van der Waals surface area (Å²) < 4.78 is 0. The minimum Gasteiger partial charge on any atom is -0.362 e. The highest BCUT2D eigenvalue weighted by atomic mass is 16.1. The van der Waals surface area contributed by atoms with Crippen molar-refractivity contribution in [2.75, 3.05) is 0 Å². The van der Waals surface area contributed by atoms with Crippen LogP contribution in [0.1, 0.15) is 307 Å². The van der Waals surface area contributed by atoms with Crippen molar-refractivity contribution in [1.82, 2.24) is 4.98 Å². The molecule has 0 atom stereocenters. The van der Waals surface area contributed by atoms with Crippen LogP contribution in [0.2, 0.25) is 0 Å². The molecule has 0 spiro atoms. The fourth-order valence-electron chi connectivity index (χ4n) is 9.93. The molecule has 0 amide bonds. The lowest BCUT2D eigenvalue weighted by Crippen LogP contribution is -2.25. The third-order valence-corrected chi connectivity index (χ3v) is 12.5. The molecule has 1 fully saturated rings. The Kier molecular flexibility index (Phi) is 56.8. The van der Waals surface area contributed by atoms with Crippen LogP contribution in [0.15, 0.2) is 36.4 Å². The molecule has 1 aliphatic carbocycles. The molecule has 2 aromatic rings. The van der Waals surface area contributed by atoms with Gasteiger partial charge in [-0.15, -0.1) is 0 Å². The Morgan fingerprint density at radius 1 is 0.419 bits per heavy atom. The fraction of sp³-hybridized carbons (Fsp3) is 0.847. The molecule has 0 saturated heterocycles. The van der Waals surface area contributed by atoms with Gasteiger partial charge in [0.2, 0.25) is 0 Å². The summed E-state index contributed by atoms with van der Waals surface area (Å²) in [7, 11) is 0. The van der Waals surface area contributed by atoms with Crippen LogP contribution in [0.5, 0.6) is 0 Å². The quantitative estimate of drug-likeness (QED) is 0.100. The summed E-state index contributed by atoms with van der Waals surface area (Å²) in [5, 5.41) is 0. The Morgan fingerprint density at radius 2 is 0.757 bits per heavy atom. The Labute approximate surface area is 471 Å². The van der Waals surface area contributed by atoms with E-state index in [1.54, 1.807) is 0 Å². The molecule has 1 aromatic carbocycles. The van der Waals surface area contributed by atoms with Gasteiger partial charge in [-0.25, -0.2) is 0 Å². The molecule has 1 aliphatic rings. The number of rotatable bonds is 26. The Balaban J connectivity index is -0.000000255. The number of aromatic amines is 1. The number of aromatic nitrogens is 1. The van der Waals surface area contributed by atoms with Crippen molar-refractivity contribution >= 4 is 5.78 Å². The molecule has 0 radical (unpaired) electrons. The molecule has 0 aliphatic heterocycles. The highest BCUT2D eigenvalue weighted by Gasteiger charge is 2.29. The van der Waals surface area contributed by atoms with Crippen molar-refractivity contribution in [2.45, 2.75) is 310 Å². The molecule has 1 aromatic heterocycles. The van der Waals surface area contributed by atoms with Crippen LogP contribution in [0.4, 0.5) is 0 Å². The first kappa shape index (κ1) is 81.0. The van der Waals surface area contributed by atoms with E-state index in [0.717, 1.165) is 115 Å². The Morgan fingerprint density at radius 3 is 1.04 bits per heavy atom. The maximum atomic E-state index is 11.2. The number of H-pyrrole nitrogens is 1. The van der Waals surface area contributed by atoms with E-state index < -0.39 is 0 Å². The van der Waals surface area contributed by atoms with E-state index in [0.29, 0.717) is 11.7 Å². The lowest BCUT2D eigenvalue weighted by atomic mass is 9.69. The van der Waals surface area contributed by atoms with Gasteiger partial charge in [-0.05, 0) is 183 Å². The van der Waals surface area contributed by atoms with Crippen LogP contribution in [0.3, 0.4) is 0 Å². The van der Waals surface area contributed by atoms with Gasteiger partial charge in [0, 0.05) is 24.2 Å². The van der Waals surface area contributed by atoms with Crippen LogP contribution in [0, 0.1) is 88.8 Å². The number of ketones is 1. The zero-order valence-electron chi connectivity index (χ0n) is 56.6. The van der Waals surface area contributed by atoms with Crippen molar-refractivity contribution in [2.24, 2.45) is 88.8 Å². The van der Waals surface area contributed by atoms with Crippen LogP contribution < -0.4 is 0 Å². The van der Waals surface area contributed by atoms with Gasteiger partial charge in [-0.1, -0.05) is 251 Å². The van der Waals surface area contributed by atoms with Gasteiger partial charge in [0.15, 0.2) is 0 Å². The summed E-state index contributed by atoms with van der Waals surface area (Å²) in [5.41, 5.74) is 5.73. The van der Waals surface area contributed by atoms with Gasteiger partial charge in [-0.3, -0.25) is 4.79 Å². The van der Waals surface area contributed by atoms with Crippen LogP contribution >= 0.6 is 0 Å². The third kappa shape index (κ3) is 62.7. The average molecular weight is 1040 g/mol. The highest BCUT2D eigenvalue weighted by molar-refractivity contribution is 5.78. The molecule has 1 heterocycles. The second-order valence-corrected chi connectivity index (χ2v) is 27.7. The number of carbonyl (C=O) groups excluding carboxylic acids is 1. The molecule has 1 saturated carbocycles. The van der Waals surface area contributed by atoms with Gasteiger partial charge in [0.05, 0.1) is 0 Å². The zero-order valence-corrected chi connectivity index (χ0v) is 56.6. The van der Waals surface area contributed by atoms with Crippen molar-refractivity contribution in [3.63, 3.8) is 0 Å². The number of hydrogen-bond acceptors (Lipinski definition) is 1. The number of carbonyl (C=O) groups is 1. The predicted molar refractivity (Wildman–Crippen MR) is 344 cm³/mol. The first-order valence-corrected chi connectivity index (χ1v) is 32.2. The summed E-state index contributed by atoms with van der Waals surface area (Å²) in [6, 6.07) is 13.5. The minimum atomic E-state index is 0.436. The monoisotopic (exact) mass is 1040 g/mol. The van der Waals surface area contributed by atoms with Crippen molar-refractivity contribution in [3.8, 4) is 0 Å². The summed E-state index contributed by atoms with van der Waals surface area (Å²) >= 11 is 0. The Bertz CT molecular complexity index is 1340. The minimum absolute atomic E-state index is 0.436. The molecule has 0 unspecified atom stereocenters. The first-order valence-electron chi connectivity index (χ1n) is 32.2. The van der Waals surface area contributed by atoms with Crippen LogP contribution in [-0.4, -0.2) is 10.8 Å². The molecule has 442 valence electrons. The normalized spacial score (nSPS) is 13.9. The van der Waals surface area contributed by atoms with E-state index in [4.69, 9.17) is 0 Å². The molecule has 2 heteroatoms. The lowest BCUT2D eigenvalue weighted by molar-refractivity contribution is -0.119. The van der Waals surface area contributed by atoms with Crippen molar-refractivity contribution in [1.29, 1.82) is 0 Å². The highest BCUT2D eigenvalue weighted by Crippen LogP contribution is 2.41. The molecule has 1 N–H and O–H groups in total. The number of nitrogens with one attached hydrogen (secondary N) is 1. The van der Waals surface area contributed by atoms with Crippen LogP contribution in [0.25, 0.3) is 0 Å². The van der Waals surface area contributed by atoms with E-state index in [1.807, 2.05) is 27.7 Å². The number of Topliss-reactive ketones (excluding diaryl/α,β-unsaturated/α-hetero) is 1. The molecule has 3 rings (SSSR count). The molecular formula is C72H143NO. The summed E-state index contributed by atoms with van der Waals surface area (Å²) in [4.78, 5) is 14.7. The third-order valence-electron chi connectivity index (χ3n) is 12.5. The molecule has 2 nitrogen and oxygen atoms in total. The number of hydrogen-bond donors (Lipinski definition) is 1. The maximum Gasteiger partial charge on any atom is 0.133 e.